The Hall–Kier alpha value is -1.87. The van der Waals surface area contributed by atoms with E-state index in [9.17, 15) is 0 Å². The summed E-state index contributed by atoms with van der Waals surface area (Å²) in [7, 11) is 0. The number of fused-ring (bicyclic) bond motifs is 1. The molecule has 0 fully saturated rings. The number of nitrogens with one attached hydrogen (secondary N) is 1. The Bertz CT molecular complexity index is 526. The third kappa shape index (κ3) is 2.45. The van der Waals surface area contributed by atoms with Crippen LogP contribution in [0.4, 0.5) is 0 Å². The van der Waals surface area contributed by atoms with Crippen LogP contribution in [0.25, 0.3) is 10.8 Å². The van der Waals surface area contributed by atoms with Crippen molar-refractivity contribution in [3.63, 3.8) is 0 Å². The number of amidine groups is 1. The second-order valence-electron chi connectivity index (χ2n) is 3.90. The molecule has 3 N–H and O–H groups in total. The molecular weight excluding hydrogens is 210 g/mol. The molecule has 2 aromatic rings. The molecular formula is C14H17N3. The van der Waals surface area contributed by atoms with Crippen LogP contribution in [0.15, 0.2) is 47.5 Å². The highest BCUT2D eigenvalue weighted by molar-refractivity contribution is 6.09. The fraction of sp³-hybridized carbons (Fsp3) is 0.214. The maximum Gasteiger partial charge on any atom is 0.143 e. The number of hydrogen-bond donors (Lipinski definition) is 2. The molecule has 0 saturated heterocycles. The summed E-state index contributed by atoms with van der Waals surface area (Å²) in [5, 5.41) is 2.37. The number of nitrogens with zero attached hydrogens (tertiary/aromatic N) is 1. The molecule has 0 spiro atoms. The van der Waals surface area contributed by atoms with Crippen LogP contribution >= 0.6 is 0 Å². The number of nitrogens with two attached hydrogens (primary N) is 1. The Morgan fingerprint density at radius 1 is 1.18 bits per heavy atom. The van der Waals surface area contributed by atoms with Gasteiger partial charge >= 0.3 is 0 Å². The molecule has 2 aromatic carbocycles. The molecule has 0 saturated carbocycles. The van der Waals surface area contributed by atoms with Crippen LogP contribution in [0.5, 0.6) is 0 Å². The van der Waals surface area contributed by atoms with E-state index in [2.05, 4.69) is 35.5 Å². The summed E-state index contributed by atoms with van der Waals surface area (Å²) in [6.45, 7) is 2.88. The van der Waals surface area contributed by atoms with Gasteiger partial charge in [-0.2, -0.15) is 0 Å². The minimum atomic E-state index is 0.753. The molecule has 0 aliphatic rings. The monoisotopic (exact) mass is 227 g/mol. The van der Waals surface area contributed by atoms with Crippen LogP contribution in [0.3, 0.4) is 0 Å². The van der Waals surface area contributed by atoms with Gasteiger partial charge in [-0.1, -0.05) is 49.4 Å². The minimum Gasteiger partial charge on any atom is -0.308 e. The van der Waals surface area contributed by atoms with Crippen molar-refractivity contribution in [3.8, 4) is 0 Å². The predicted octanol–water partition coefficient (Wildman–Crippen LogP) is 2.46. The lowest BCUT2D eigenvalue weighted by Crippen LogP contribution is -2.31. The molecule has 0 atom stereocenters. The lowest BCUT2D eigenvalue weighted by atomic mass is 10.0. The maximum atomic E-state index is 5.56. The zero-order valence-electron chi connectivity index (χ0n) is 9.98. The van der Waals surface area contributed by atoms with E-state index >= 15 is 0 Å². The van der Waals surface area contributed by atoms with Gasteiger partial charge in [-0.15, -0.1) is 0 Å². The van der Waals surface area contributed by atoms with Crippen LogP contribution in [-0.2, 0) is 0 Å². The van der Waals surface area contributed by atoms with Gasteiger partial charge in [0.1, 0.15) is 5.84 Å². The normalized spacial score (nSPS) is 11.8. The van der Waals surface area contributed by atoms with E-state index in [1.54, 1.807) is 0 Å². The summed E-state index contributed by atoms with van der Waals surface area (Å²) in [6, 6.07) is 14.4. The fourth-order valence-corrected chi connectivity index (χ4v) is 1.86. The smallest absolute Gasteiger partial charge is 0.143 e. The number of benzene rings is 2. The molecule has 3 nitrogen and oxygen atoms in total. The Morgan fingerprint density at radius 3 is 2.71 bits per heavy atom. The zero-order chi connectivity index (χ0) is 12.1. The Balaban J connectivity index is 2.53. The van der Waals surface area contributed by atoms with E-state index in [0.29, 0.717) is 0 Å². The first-order chi connectivity index (χ1) is 8.36. The number of aliphatic imine (C=N–C) groups is 1. The molecule has 17 heavy (non-hydrogen) atoms. The summed E-state index contributed by atoms with van der Waals surface area (Å²) in [5.41, 5.74) is 3.75. The van der Waals surface area contributed by atoms with Gasteiger partial charge in [0.15, 0.2) is 0 Å². The molecule has 0 aliphatic carbocycles. The molecule has 0 unspecified atom stereocenters. The van der Waals surface area contributed by atoms with Crippen molar-refractivity contribution in [2.75, 3.05) is 6.54 Å². The first kappa shape index (κ1) is 11.6. The summed E-state index contributed by atoms with van der Waals surface area (Å²) >= 11 is 0. The van der Waals surface area contributed by atoms with Gasteiger partial charge in [0, 0.05) is 12.1 Å². The van der Waals surface area contributed by atoms with E-state index in [1.165, 1.54) is 10.8 Å². The highest BCUT2D eigenvalue weighted by Crippen LogP contribution is 2.18. The second-order valence-corrected chi connectivity index (χ2v) is 3.90. The summed E-state index contributed by atoms with van der Waals surface area (Å²) < 4.78 is 0. The van der Waals surface area contributed by atoms with Gasteiger partial charge < -0.3 is 5.43 Å². The Morgan fingerprint density at radius 2 is 1.94 bits per heavy atom. The van der Waals surface area contributed by atoms with Crippen LogP contribution < -0.4 is 11.3 Å². The van der Waals surface area contributed by atoms with E-state index in [1.807, 2.05) is 24.3 Å². The zero-order valence-corrected chi connectivity index (χ0v) is 9.98. The van der Waals surface area contributed by atoms with E-state index in [0.717, 1.165) is 24.4 Å². The quantitative estimate of drug-likeness (QED) is 0.366. The summed E-state index contributed by atoms with van der Waals surface area (Å²) in [6.07, 6.45) is 1.01. The van der Waals surface area contributed by atoms with Gasteiger partial charge in [-0.05, 0) is 17.2 Å². The first-order valence-corrected chi connectivity index (χ1v) is 5.86. The molecule has 0 bridgehead atoms. The van der Waals surface area contributed by atoms with Gasteiger partial charge in [0.25, 0.3) is 0 Å². The lowest BCUT2D eigenvalue weighted by molar-refractivity contribution is 0.908. The molecule has 0 radical (unpaired) electrons. The van der Waals surface area contributed by atoms with Crippen molar-refractivity contribution in [2.24, 2.45) is 10.8 Å². The molecule has 3 heteroatoms. The average molecular weight is 227 g/mol. The van der Waals surface area contributed by atoms with Crippen molar-refractivity contribution < 1.29 is 0 Å². The van der Waals surface area contributed by atoms with Crippen molar-refractivity contribution in [1.82, 2.24) is 5.43 Å². The Kier molecular flexibility index (Phi) is 3.73. The Labute approximate surface area is 101 Å². The highest BCUT2D eigenvalue weighted by atomic mass is 15.2. The second kappa shape index (κ2) is 5.46. The third-order valence-corrected chi connectivity index (χ3v) is 2.67. The van der Waals surface area contributed by atoms with E-state index < -0.39 is 0 Å². The molecule has 2 rings (SSSR count). The molecule has 0 aromatic heterocycles. The van der Waals surface area contributed by atoms with Crippen molar-refractivity contribution >= 4 is 16.6 Å². The topological polar surface area (TPSA) is 50.4 Å². The van der Waals surface area contributed by atoms with Crippen molar-refractivity contribution in [3.05, 3.63) is 48.0 Å². The predicted molar refractivity (Wildman–Crippen MR) is 73.0 cm³/mol. The number of rotatable bonds is 3. The fourth-order valence-electron chi connectivity index (χ4n) is 1.86. The number of hydrazine groups is 1. The maximum absolute atomic E-state index is 5.56. The summed E-state index contributed by atoms with van der Waals surface area (Å²) in [5.74, 6) is 6.31. The standard InChI is InChI=1S/C14H17N3/c1-2-10-16-14(17-15)13-9-5-7-11-6-3-4-8-12(11)13/h3-9H,2,10,15H2,1H3,(H,16,17). The third-order valence-electron chi connectivity index (χ3n) is 2.67. The number of hydrogen-bond acceptors (Lipinski definition) is 2. The van der Waals surface area contributed by atoms with Gasteiger partial charge in [0.05, 0.1) is 0 Å². The molecule has 0 heterocycles. The van der Waals surface area contributed by atoms with Crippen molar-refractivity contribution in [1.29, 1.82) is 0 Å². The van der Waals surface area contributed by atoms with Gasteiger partial charge in [0.2, 0.25) is 0 Å². The lowest BCUT2D eigenvalue weighted by Gasteiger charge is -2.09. The van der Waals surface area contributed by atoms with Gasteiger partial charge in [-0.3, -0.25) is 4.99 Å². The summed E-state index contributed by atoms with van der Waals surface area (Å²) in [4.78, 5) is 4.46. The van der Waals surface area contributed by atoms with E-state index in [4.69, 9.17) is 5.84 Å². The average Bonchev–Trinajstić information content (AvgIpc) is 2.40. The van der Waals surface area contributed by atoms with Crippen LogP contribution in [0, 0.1) is 0 Å². The first-order valence-electron chi connectivity index (χ1n) is 5.86. The van der Waals surface area contributed by atoms with Crippen LogP contribution in [-0.4, -0.2) is 12.4 Å². The van der Waals surface area contributed by atoms with Gasteiger partial charge in [-0.25, -0.2) is 5.84 Å². The van der Waals surface area contributed by atoms with Crippen LogP contribution in [0.2, 0.25) is 0 Å². The molecule has 88 valence electrons. The van der Waals surface area contributed by atoms with Crippen LogP contribution in [0.1, 0.15) is 18.9 Å². The SMILES string of the molecule is CCCN=C(NN)c1cccc2ccccc12. The van der Waals surface area contributed by atoms with Crippen molar-refractivity contribution in [2.45, 2.75) is 13.3 Å². The van der Waals surface area contributed by atoms with E-state index in [-0.39, 0.29) is 0 Å². The highest BCUT2D eigenvalue weighted by Gasteiger charge is 2.05. The molecule has 0 amide bonds. The molecule has 0 aliphatic heterocycles. The minimum absolute atomic E-state index is 0.753. The largest absolute Gasteiger partial charge is 0.308 e.